The monoisotopic (exact) mass is 596 g/mol. The van der Waals surface area contributed by atoms with Crippen LogP contribution in [0.2, 0.25) is 0 Å². The Hall–Kier alpha value is -6.12. The maximum absolute atomic E-state index is 5.42. The van der Waals surface area contributed by atoms with E-state index in [-0.39, 0.29) is 0 Å². The Bertz CT molecular complexity index is 2480. The highest BCUT2D eigenvalue weighted by atomic mass is 14.9. The van der Waals surface area contributed by atoms with Crippen LogP contribution in [0.3, 0.4) is 0 Å². The number of benzene rings is 7. The van der Waals surface area contributed by atoms with Crippen LogP contribution in [-0.2, 0) is 5.41 Å². The van der Waals surface area contributed by atoms with Crippen LogP contribution in [0.5, 0.6) is 0 Å². The summed E-state index contributed by atoms with van der Waals surface area (Å²) in [4.78, 5) is 10.7. The summed E-state index contributed by atoms with van der Waals surface area (Å²) in [6, 6.07) is 61.1. The van der Waals surface area contributed by atoms with Gasteiger partial charge in [-0.3, -0.25) is 0 Å². The molecule has 7 aromatic carbocycles. The van der Waals surface area contributed by atoms with Crippen molar-refractivity contribution in [3.63, 3.8) is 0 Å². The molecule has 0 bridgehead atoms. The molecule has 0 radical (unpaired) electrons. The van der Waals surface area contributed by atoms with Crippen LogP contribution in [-0.4, -0.2) is 9.97 Å². The average molecular weight is 597 g/mol. The fraction of sp³-hybridized carbons (Fsp3) is 0.0222. The normalized spacial score (nSPS) is 13.3. The Morgan fingerprint density at radius 3 is 1.66 bits per heavy atom. The van der Waals surface area contributed by atoms with E-state index in [1.165, 1.54) is 55.6 Å². The van der Waals surface area contributed by atoms with Gasteiger partial charge in [-0.25, -0.2) is 9.97 Å². The van der Waals surface area contributed by atoms with Crippen molar-refractivity contribution in [3.05, 3.63) is 192 Å². The van der Waals surface area contributed by atoms with Crippen LogP contribution in [0.1, 0.15) is 22.3 Å². The topological polar surface area (TPSA) is 25.8 Å². The molecule has 0 atom stereocenters. The molecule has 2 nitrogen and oxygen atoms in total. The summed E-state index contributed by atoms with van der Waals surface area (Å²) in [5.74, 6) is 0.743. The third-order valence-electron chi connectivity index (χ3n) is 10.1. The Balaban J connectivity index is 1.25. The van der Waals surface area contributed by atoms with E-state index in [0.29, 0.717) is 0 Å². The molecule has 2 aliphatic rings. The molecule has 0 aliphatic heterocycles. The van der Waals surface area contributed by atoms with E-state index in [4.69, 9.17) is 9.97 Å². The first-order valence-corrected chi connectivity index (χ1v) is 16.2. The van der Waals surface area contributed by atoms with Gasteiger partial charge in [-0.05, 0) is 67.8 Å². The minimum absolute atomic E-state index is 0.404. The third-order valence-corrected chi connectivity index (χ3v) is 10.1. The molecule has 10 rings (SSSR count). The highest BCUT2D eigenvalue weighted by molar-refractivity contribution is 6.01. The van der Waals surface area contributed by atoms with E-state index in [1.807, 2.05) is 0 Å². The molecule has 0 unspecified atom stereocenters. The second kappa shape index (κ2) is 9.94. The molecule has 0 N–H and O–H groups in total. The number of rotatable bonds is 3. The van der Waals surface area contributed by atoms with Crippen molar-refractivity contribution in [2.24, 2.45) is 0 Å². The molecule has 1 heterocycles. The average Bonchev–Trinajstić information content (AvgIpc) is 3.62. The third kappa shape index (κ3) is 3.61. The minimum atomic E-state index is -0.404. The fourth-order valence-corrected chi connectivity index (χ4v) is 8.22. The molecule has 218 valence electrons. The van der Waals surface area contributed by atoms with Gasteiger partial charge in [0.25, 0.3) is 0 Å². The van der Waals surface area contributed by atoms with Crippen molar-refractivity contribution in [2.75, 3.05) is 0 Å². The quantitative estimate of drug-likeness (QED) is 0.203. The minimum Gasteiger partial charge on any atom is -0.228 e. The van der Waals surface area contributed by atoms with Crippen molar-refractivity contribution in [2.45, 2.75) is 5.41 Å². The maximum Gasteiger partial charge on any atom is 0.161 e. The largest absolute Gasteiger partial charge is 0.228 e. The lowest BCUT2D eigenvalue weighted by atomic mass is 9.70. The summed E-state index contributed by atoms with van der Waals surface area (Å²) in [5.41, 5.74) is 16.3. The maximum atomic E-state index is 5.42. The van der Waals surface area contributed by atoms with Crippen LogP contribution in [0.4, 0.5) is 0 Å². The molecule has 2 aliphatic carbocycles. The number of nitrogens with zero attached hydrogens (tertiary/aromatic N) is 2. The van der Waals surface area contributed by atoms with Crippen LogP contribution in [0.25, 0.3) is 66.9 Å². The van der Waals surface area contributed by atoms with Gasteiger partial charge < -0.3 is 0 Å². The number of fused-ring (bicyclic) bond motifs is 11. The first kappa shape index (κ1) is 26.1. The lowest BCUT2D eigenvalue weighted by Crippen LogP contribution is -2.25. The van der Waals surface area contributed by atoms with Gasteiger partial charge in [0, 0.05) is 16.5 Å². The summed E-state index contributed by atoms with van der Waals surface area (Å²) in [7, 11) is 0. The van der Waals surface area contributed by atoms with E-state index in [9.17, 15) is 0 Å². The summed E-state index contributed by atoms with van der Waals surface area (Å²) in [5, 5.41) is 1.05. The number of aromatic nitrogens is 2. The van der Waals surface area contributed by atoms with Gasteiger partial charge in [0.05, 0.1) is 16.6 Å². The molecule has 2 heteroatoms. The Kier molecular flexibility index (Phi) is 5.53. The van der Waals surface area contributed by atoms with Gasteiger partial charge in [0.2, 0.25) is 0 Å². The van der Waals surface area contributed by atoms with Gasteiger partial charge in [-0.2, -0.15) is 0 Å². The van der Waals surface area contributed by atoms with E-state index in [0.717, 1.165) is 33.5 Å². The zero-order chi connectivity index (χ0) is 31.0. The number of hydrogen-bond donors (Lipinski definition) is 0. The molecule has 8 aromatic rings. The van der Waals surface area contributed by atoms with E-state index in [2.05, 4.69) is 170 Å². The first-order chi connectivity index (χ1) is 23.3. The van der Waals surface area contributed by atoms with Crippen molar-refractivity contribution >= 4 is 10.9 Å². The van der Waals surface area contributed by atoms with Crippen LogP contribution in [0.15, 0.2) is 170 Å². The summed E-state index contributed by atoms with van der Waals surface area (Å²) < 4.78 is 0. The van der Waals surface area contributed by atoms with Crippen molar-refractivity contribution < 1.29 is 0 Å². The zero-order valence-electron chi connectivity index (χ0n) is 25.6. The van der Waals surface area contributed by atoms with E-state index < -0.39 is 5.41 Å². The second-order valence-electron chi connectivity index (χ2n) is 12.5. The predicted molar refractivity (Wildman–Crippen MR) is 192 cm³/mol. The molecule has 1 spiro atoms. The molecular weight excluding hydrogens is 569 g/mol. The second-order valence-corrected chi connectivity index (χ2v) is 12.5. The Morgan fingerprint density at radius 2 is 0.894 bits per heavy atom. The molecule has 0 saturated heterocycles. The molecule has 0 fully saturated rings. The van der Waals surface area contributed by atoms with Crippen LogP contribution >= 0.6 is 0 Å². The van der Waals surface area contributed by atoms with Gasteiger partial charge in [-0.15, -0.1) is 0 Å². The summed E-state index contributed by atoms with van der Waals surface area (Å²) in [6.07, 6.45) is 0. The number of para-hydroxylation sites is 1. The van der Waals surface area contributed by atoms with Gasteiger partial charge in [-0.1, -0.05) is 158 Å². The highest BCUT2D eigenvalue weighted by Gasteiger charge is 2.52. The number of hydrogen-bond acceptors (Lipinski definition) is 2. The molecular formula is C45H28N2. The van der Waals surface area contributed by atoms with Crippen LogP contribution in [0, 0.1) is 0 Å². The Morgan fingerprint density at radius 1 is 0.362 bits per heavy atom. The lowest BCUT2D eigenvalue weighted by Gasteiger charge is -2.30. The van der Waals surface area contributed by atoms with Gasteiger partial charge in [0.15, 0.2) is 5.82 Å². The van der Waals surface area contributed by atoms with Crippen molar-refractivity contribution in [1.29, 1.82) is 0 Å². The zero-order valence-corrected chi connectivity index (χ0v) is 25.6. The summed E-state index contributed by atoms with van der Waals surface area (Å²) >= 11 is 0. The van der Waals surface area contributed by atoms with Gasteiger partial charge in [0.1, 0.15) is 0 Å². The van der Waals surface area contributed by atoms with Crippen molar-refractivity contribution in [1.82, 2.24) is 9.97 Å². The molecule has 0 saturated carbocycles. The first-order valence-electron chi connectivity index (χ1n) is 16.2. The van der Waals surface area contributed by atoms with E-state index in [1.54, 1.807) is 0 Å². The molecule has 1 aromatic heterocycles. The van der Waals surface area contributed by atoms with Gasteiger partial charge >= 0.3 is 0 Å². The smallest absolute Gasteiger partial charge is 0.161 e. The highest BCUT2D eigenvalue weighted by Crippen LogP contribution is 2.63. The lowest BCUT2D eigenvalue weighted by molar-refractivity contribution is 0.794. The van der Waals surface area contributed by atoms with Crippen LogP contribution < -0.4 is 0 Å². The SMILES string of the molecule is c1ccc(-c2cccc(-c3nc(-c4cccc5c4-c4ccccc4C54c5ccccc5-c5ccccc54)nc4ccccc34)c2)cc1. The molecule has 0 amide bonds. The van der Waals surface area contributed by atoms with Crippen molar-refractivity contribution in [3.8, 4) is 56.0 Å². The molecule has 47 heavy (non-hydrogen) atoms. The van der Waals surface area contributed by atoms with E-state index >= 15 is 0 Å². The Labute approximate surface area is 273 Å². The predicted octanol–water partition coefficient (Wildman–Crippen LogP) is 11.0. The standard InChI is InChI=1S/C45H28N2/c1-2-14-29(15-3-1)30-16-12-17-31(28-30)43-35-21-7-11-27-41(35)46-44(47-43)36-22-13-26-40-42(36)34-20-6-10-25-39(34)45(40)37-23-8-4-18-32(37)33-19-5-9-24-38(33)45/h1-28H. The summed E-state index contributed by atoms with van der Waals surface area (Å²) in [6.45, 7) is 0. The fourth-order valence-electron chi connectivity index (χ4n) is 8.22.